The SMILES string of the molecule is CON=C1CCC23OC4C(CC2(C)C(C)CCC3C1(C)C)C(O)CC1C(=O)NCC14. The molecule has 3 aliphatic carbocycles. The van der Waals surface area contributed by atoms with Gasteiger partial charge in [-0.15, -0.1) is 0 Å². The van der Waals surface area contributed by atoms with E-state index in [0.29, 0.717) is 24.8 Å². The highest BCUT2D eigenvalue weighted by Crippen LogP contribution is 2.68. The van der Waals surface area contributed by atoms with Gasteiger partial charge in [-0.2, -0.15) is 0 Å². The molecular formula is C24H38N2O4. The third-order valence-electron chi connectivity index (χ3n) is 10.3. The van der Waals surface area contributed by atoms with Crippen LogP contribution in [0.1, 0.15) is 66.2 Å². The second kappa shape index (κ2) is 6.68. The molecule has 5 fully saturated rings. The van der Waals surface area contributed by atoms with Crippen LogP contribution in [0.3, 0.4) is 0 Å². The number of hydrogen-bond acceptors (Lipinski definition) is 5. The van der Waals surface area contributed by atoms with E-state index in [1.807, 2.05) is 0 Å². The van der Waals surface area contributed by atoms with Crippen molar-refractivity contribution >= 4 is 11.6 Å². The number of hydrogen-bond donors (Lipinski definition) is 2. The van der Waals surface area contributed by atoms with Crippen LogP contribution in [-0.4, -0.2) is 48.2 Å². The average Bonchev–Trinajstić information content (AvgIpc) is 3.05. The van der Waals surface area contributed by atoms with Crippen LogP contribution >= 0.6 is 0 Å². The topological polar surface area (TPSA) is 80.2 Å². The number of oxime groups is 1. The summed E-state index contributed by atoms with van der Waals surface area (Å²) in [5.41, 5.74) is 0.813. The maximum atomic E-state index is 12.4. The molecule has 5 rings (SSSR count). The smallest absolute Gasteiger partial charge is 0.223 e. The fourth-order valence-corrected chi connectivity index (χ4v) is 8.38. The molecule has 9 unspecified atom stereocenters. The standard InChI is InChI=1S/C24H38N2O4/c1-13-6-7-18-22(2,3)19(26-29-5)8-9-24(18)23(13,4)11-15-17(27)10-14-16(20(15)30-24)12-25-21(14)28/h13-18,20,27H,6-12H2,1-5H3,(H,25,28). The van der Waals surface area contributed by atoms with Crippen molar-refractivity contribution in [2.45, 2.75) is 84.0 Å². The first-order valence-corrected chi connectivity index (χ1v) is 11.9. The molecule has 2 heterocycles. The van der Waals surface area contributed by atoms with Crippen molar-refractivity contribution < 1.29 is 19.5 Å². The zero-order valence-electron chi connectivity index (χ0n) is 19.1. The molecule has 0 radical (unpaired) electrons. The highest BCUT2D eigenvalue weighted by atomic mass is 16.6. The molecule has 0 aromatic heterocycles. The Balaban J connectivity index is 1.58. The van der Waals surface area contributed by atoms with Crippen molar-refractivity contribution in [1.82, 2.24) is 5.32 Å². The lowest BCUT2D eigenvalue weighted by molar-refractivity contribution is -0.318. The number of carbonyl (C=O) groups excluding carboxylic acids is 1. The van der Waals surface area contributed by atoms with Crippen molar-refractivity contribution in [2.75, 3.05) is 13.7 Å². The van der Waals surface area contributed by atoms with Gasteiger partial charge in [0.1, 0.15) is 7.11 Å². The van der Waals surface area contributed by atoms with E-state index in [-0.39, 0.29) is 46.2 Å². The summed E-state index contributed by atoms with van der Waals surface area (Å²) in [7, 11) is 1.63. The maximum absolute atomic E-state index is 12.4. The number of rotatable bonds is 1. The highest BCUT2D eigenvalue weighted by Gasteiger charge is 2.70. The molecule has 2 saturated heterocycles. The lowest BCUT2D eigenvalue weighted by atomic mass is 9.42. The van der Waals surface area contributed by atoms with Gasteiger partial charge in [-0.1, -0.05) is 32.9 Å². The minimum atomic E-state index is -0.455. The van der Waals surface area contributed by atoms with E-state index >= 15 is 0 Å². The Labute approximate surface area is 180 Å². The van der Waals surface area contributed by atoms with E-state index < -0.39 is 6.10 Å². The molecule has 3 saturated carbocycles. The van der Waals surface area contributed by atoms with Gasteiger partial charge in [0.2, 0.25) is 5.91 Å². The maximum Gasteiger partial charge on any atom is 0.223 e. The number of fused-ring (bicyclic) bond motifs is 3. The molecule has 0 bridgehead atoms. The van der Waals surface area contributed by atoms with E-state index in [0.717, 1.165) is 31.4 Å². The predicted molar refractivity (Wildman–Crippen MR) is 114 cm³/mol. The van der Waals surface area contributed by atoms with E-state index in [4.69, 9.17) is 9.57 Å². The summed E-state index contributed by atoms with van der Waals surface area (Å²) in [6, 6.07) is 0. The summed E-state index contributed by atoms with van der Waals surface area (Å²) < 4.78 is 7.31. The molecule has 0 aromatic carbocycles. The van der Waals surface area contributed by atoms with Crippen LogP contribution in [0.15, 0.2) is 5.16 Å². The summed E-state index contributed by atoms with van der Waals surface area (Å²) in [6.07, 6.45) is 5.19. The molecule has 6 heteroatoms. The Morgan fingerprint density at radius 2 is 2.00 bits per heavy atom. The molecule has 168 valence electrons. The minimum absolute atomic E-state index is 0.0107. The van der Waals surface area contributed by atoms with Crippen molar-refractivity contribution in [2.24, 2.45) is 45.6 Å². The van der Waals surface area contributed by atoms with Crippen LogP contribution in [0, 0.1) is 40.4 Å². The first-order chi connectivity index (χ1) is 14.2. The Kier molecular flexibility index (Phi) is 4.62. The Hall–Kier alpha value is -1.14. The fraction of sp³-hybridized carbons (Fsp3) is 0.917. The number of aliphatic hydroxyl groups excluding tert-OH is 1. The van der Waals surface area contributed by atoms with Gasteiger partial charge in [-0.3, -0.25) is 4.79 Å². The zero-order chi connectivity index (χ0) is 21.5. The molecule has 2 aliphatic heterocycles. The molecular weight excluding hydrogens is 380 g/mol. The first kappa shape index (κ1) is 20.7. The number of nitrogens with one attached hydrogen (secondary N) is 1. The van der Waals surface area contributed by atoms with Gasteiger partial charge in [0.05, 0.1) is 23.5 Å². The summed E-state index contributed by atoms with van der Waals surface area (Å²) >= 11 is 0. The number of amides is 1. The summed E-state index contributed by atoms with van der Waals surface area (Å²) in [6.45, 7) is 10.1. The van der Waals surface area contributed by atoms with E-state index in [2.05, 4.69) is 38.2 Å². The Morgan fingerprint density at radius 1 is 1.23 bits per heavy atom. The van der Waals surface area contributed by atoms with Crippen molar-refractivity contribution in [3.63, 3.8) is 0 Å². The molecule has 2 N–H and O–H groups in total. The fourth-order valence-electron chi connectivity index (χ4n) is 8.38. The number of carbonyl (C=O) groups is 1. The normalized spacial score (nSPS) is 53.2. The molecule has 9 atom stereocenters. The van der Waals surface area contributed by atoms with Crippen LogP contribution in [0.2, 0.25) is 0 Å². The van der Waals surface area contributed by atoms with Gasteiger partial charge in [0, 0.05) is 29.7 Å². The van der Waals surface area contributed by atoms with E-state index in [1.165, 1.54) is 6.42 Å². The van der Waals surface area contributed by atoms with Crippen LogP contribution in [0.4, 0.5) is 0 Å². The average molecular weight is 419 g/mol. The Bertz CT molecular complexity index is 766. The van der Waals surface area contributed by atoms with E-state index in [1.54, 1.807) is 7.11 Å². The third-order valence-corrected chi connectivity index (χ3v) is 10.3. The molecule has 1 spiro atoms. The van der Waals surface area contributed by atoms with E-state index in [9.17, 15) is 9.90 Å². The quantitative estimate of drug-likeness (QED) is 0.641. The van der Waals surface area contributed by atoms with Gasteiger partial charge in [-0.25, -0.2) is 0 Å². The lowest BCUT2D eigenvalue weighted by Gasteiger charge is -2.69. The zero-order valence-corrected chi connectivity index (χ0v) is 19.1. The molecule has 0 aromatic rings. The number of aliphatic hydroxyl groups is 1. The summed E-state index contributed by atoms with van der Waals surface area (Å²) in [4.78, 5) is 17.6. The largest absolute Gasteiger partial charge is 0.399 e. The van der Waals surface area contributed by atoms with Crippen molar-refractivity contribution in [1.29, 1.82) is 0 Å². The number of ether oxygens (including phenoxy) is 1. The number of nitrogens with zero attached hydrogens (tertiary/aromatic N) is 1. The van der Waals surface area contributed by atoms with Gasteiger partial charge in [0.15, 0.2) is 0 Å². The van der Waals surface area contributed by atoms with Crippen LogP contribution in [0.25, 0.3) is 0 Å². The molecule has 30 heavy (non-hydrogen) atoms. The van der Waals surface area contributed by atoms with Crippen LogP contribution < -0.4 is 5.32 Å². The molecule has 6 nitrogen and oxygen atoms in total. The summed E-state index contributed by atoms with van der Waals surface area (Å²) in [5, 5.41) is 18.5. The second-order valence-electron chi connectivity index (χ2n) is 11.5. The van der Waals surface area contributed by atoms with Gasteiger partial charge < -0.3 is 20.0 Å². The highest BCUT2D eigenvalue weighted by molar-refractivity contribution is 5.90. The van der Waals surface area contributed by atoms with Crippen LogP contribution in [0.5, 0.6) is 0 Å². The monoisotopic (exact) mass is 418 g/mol. The lowest BCUT2D eigenvalue weighted by Crippen LogP contribution is -2.72. The summed E-state index contributed by atoms with van der Waals surface area (Å²) in [5.74, 6) is 1.19. The molecule has 5 aliphatic rings. The second-order valence-corrected chi connectivity index (χ2v) is 11.5. The van der Waals surface area contributed by atoms with Crippen molar-refractivity contribution in [3.05, 3.63) is 0 Å². The first-order valence-electron chi connectivity index (χ1n) is 11.9. The van der Waals surface area contributed by atoms with Gasteiger partial charge in [0.25, 0.3) is 0 Å². The minimum Gasteiger partial charge on any atom is -0.399 e. The van der Waals surface area contributed by atoms with Crippen molar-refractivity contribution in [3.8, 4) is 0 Å². The Morgan fingerprint density at radius 3 is 2.73 bits per heavy atom. The third kappa shape index (κ3) is 2.49. The molecule has 1 amide bonds. The van der Waals surface area contributed by atoms with Gasteiger partial charge in [-0.05, 0) is 55.8 Å². The predicted octanol–water partition coefficient (Wildman–Crippen LogP) is 3.13. The van der Waals surface area contributed by atoms with Crippen LogP contribution in [-0.2, 0) is 14.4 Å². The van der Waals surface area contributed by atoms with Gasteiger partial charge >= 0.3 is 0 Å².